The maximum Gasteiger partial charge on any atom is 0.329 e. The Kier molecular flexibility index (Phi) is 2.78. The van der Waals surface area contributed by atoms with E-state index in [2.05, 4.69) is 17.6 Å². The van der Waals surface area contributed by atoms with E-state index >= 15 is 0 Å². The summed E-state index contributed by atoms with van der Waals surface area (Å²) < 4.78 is 0. The van der Waals surface area contributed by atoms with Gasteiger partial charge in [-0.1, -0.05) is 13.3 Å². The summed E-state index contributed by atoms with van der Waals surface area (Å²) in [7, 11) is 0. The lowest BCUT2D eigenvalue weighted by Gasteiger charge is -2.13. The van der Waals surface area contributed by atoms with Gasteiger partial charge in [-0.3, -0.25) is 0 Å². The first-order valence-corrected chi connectivity index (χ1v) is 5.89. The number of hydrogen-bond donors (Lipinski definition) is 3. The van der Waals surface area contributed by atoms with Crippen LogP contribution in [-0.2, 0) is 4.79 Å². The summed E-state index contributed by atoms with van der Waals surface area (Å²) in [5.74, 6) is -0.334. The van der Waals surface area contributed by atoms with E-state index in [9.17, 15) is 9.59 Å². The minimum atomic E-state index is -0.973. The number of carboxylic acid groups (broad SMARTS) is 1. The van der Waals surface area contributed by atoms with E-state index in [1.54, 1.807) is 0 Å². The summed E-state index contributed by atoms with van der Waals surface area (Å²) >= 11 is 0. The van der Waals surface area contributed by atoms with Crippen molar-refractivity contribution in [3.63, 3.8) is 0 Å². The highest BCUT2D eigenvalue weighted by Crippen LogP contribution is 2.37. The summed E-state index contributed by atoms with van der Waals surface area (Å²) in [6.07, 6.45) is 4.37. The molecule has 5 heteroatoms. The van der Waals surface area contributed by atoms with E-state index in [1.165, 1.54) is 0 Å². The number of nitrogens with one attached hydrogen (secondary N) is 2. The molecule has 0 aliphatic heterocycles. The molecule has 0 saturated heterocycles. The number of carboxylic acids is 1. The molecule has 5 nitrogen and oxygen atoms in total. The molecule has 0 aromatic rings. The summed E-state index contributed by atoms with van der Waals surface area (Å²) in [4.78, 5) is 22.4. The average molecular weight is 226 g/mol. The van der Waals surface area contributed by atoms with Crippen LogP contribution in [0.2, 0.25) is 0 Å². The summed E-state index contributed by atoms with van der Waals surface area (Å²) in [6.45, 7) is 2.12. The highest BCUT2D eigenvalue weighted by Gasteiger charge is 2.52. The first-order valence-electron chi connectivity index (χ1n) is 5.89. The lowest BCUT2D eigenvalue weighted by atomic mass is 10.2. The number of carbonyl (C=O) groups excluding carboxylic acids is 1. The predicted octanol–water partition coefficient (Wildman–Crippen LogP) is 1.09. The molecule has 2 aliphatic rings. The molecule has 0 radical (unpaired) electrons. The molecule has 2 saturated carbocycles. The van der Waals surface area contributed by atoms with Crippen LogP contribution in [0, 0.1) is 5.92 Å². The van der Waals surface area contributed by atoms with Gasteiger partial charge >= 0.3 is 12.0 Å². The molecule has 2 unspecified atom stereocenters. The van der Waals surface area contributed by atoms with E-state index in [4.69, 9.17) is 5.11 Å². The first kappa shape index (κ1) is 11.2. The zero-order valence-corrected chi connectivity index (χ0v) is 9.45. The fourth-order valence-corrected chi connectivity index (χ4v) is 2.05. The van der Waals surface area contributed by atoms with Crippen LogP contribution in [0.1, 0.15) is 39.0 Å². The van der Waals surface area contributed by atoms with Crippen LogP contribution in [0.3, 0.4) is 0 Å². The van der Waals surface area contributed by atoms with Crippen molar-refractivity contribution >= 4 is 12.0 Å². The predicted molar refractivity (Wildman–Crippen MR) is 58.1 cm³/mol. The Balaban J connectivity index is 1.72. The molecule has 2 amide bonds. The molecule has 0 heterocycles. The van der Waals surface area contributed by atoms with Crippen molar-refractivity contribution in [2.24, 2.45) is 5.92 Å². The van der Waals surface area contributed by atoms with Crippen molar-refractivity contribution in [3.8, 4) is 0 Å². The molecular weight excluding hydrogens is 208 g/mol. The number of hydrogen-bond acceptors (Lipinski definition) is 2. The van der Waals surface area contributed by atoms with E-state index in [-0.39, 0.29) is 12.1 Å². The molecule has 0 spiro atoms. The van der Waals surface area contributed by atoms with Crippen molar-refractivity contribution in [2.45, 2.75) is 50.6 Å². The van der Waals surface area contributed by atoms with E-state index in [1.807, 2.05) is 0 Å². The highest BCUT2D eigenvalue weighted by atomic mass is 16.4. The van der Waals surface area contributed by atoms with E-state index in [0.29, 0.717) is 18.8 Å². The average Bonchev–Trinajstić information content (AvgIpc) is 3.06. The first-order chi connectivity index (χ1) is 7.57. The third-order valence-electron chi connectivity index (χ3n) is 3.41. The van der Waals surface area contributed by atoms with Gasteiger partial charge in [-0.2, -0.15) is 0 Å². The second-order valence-corrected chi connectivity index (χ2v) is 4.88. The molecule has 2 rings (SSSR count). The minimum Gasteiger partial charge on any atom is -0.480 e. The van der Waals surface area contributed by atoms with E-state index in [0.717, 1.165) is 19.3 Å². The maximum absolute atomic E-state index is 11.5. The number of aliphatic carboxylic acids is 1. The lowest BCUT2D eigenvalue weighted by Crippen LogP contribution is -2.48. The Labute approximate surface area is 94.6 Å². The number of urea groups is 1. The third kappa shape index (κ3) is 2.28. The third-order valence-corrected chi connectivity index (χ3v) is 3.41. The molecule has 2 atom stereocenters. The molecule has 2 fully saturated rings. The van der Waals surface area contributed by atoms with Crippen LogP contribution in [0.25, 0.3) is 0 Å². The van der Waals surface area contributed by atoms with Crippen LogP contribution < -0.4 is 10.6 Å². The van der Waals surface area contributed by atoms with Crippen LogP contribution in [0.5, 0.6) is 0 Å². The van der Waals surface area contributed by atoms with Crippen LogP contribution >= 0.6 is 0 Å². The minimum absolute atomic E-state index is 0.254. The second-order valence-electron chi connectivity index (χ2n) is 4.88. The summed E-state index contributed by atoms with van der Waals surface area (Å²) in [5.41, 5.74) is -0.973. The molecular formula is C11H18N2O3. The van der Waals surface area contributed by atoms with Crippen molar-refractivity contribution < 1.29 is 14.7 Å². The van der Waals surface area contributed by atoms with Crippen LogP contribution in [-0.4, -0.2) is 28.7 Å². The molecule has 0 aromatic heterocycles. The van der Waals surface area contributed by atoms with Gasteiger partial charge in [-0.05, 0) is 31.6 Å². The van der Waals surface area contributed by atoms with Gasteiger partial charge < -0.3 is 15.7 Å². The standard InChI is InChI=1S/C11H18N2O3/c1-2-3-7-6-8(7)12-10(16)13-11(4-5-11)9(14)15/h7-8H,2-6H2,1H3,(H,14,15)(H2,12,13,16). The van der Waals surface area contributed by atoms with Crippen LogP contribution in [0.15, 0.2) is 0 Å². The van der Waals surface area contributed by atoms with Crippen molar-refractivity contribution in [1.82, 2.24) is 10.6 Å². The van der Waals surface area contributed by atoms with Gasteiger partial charge in [-0.15, -0.1) is 0 Å². The molecule has 16 heavy (non-hydrogen) atoms. The molecule has 90 valence electrons. The summed E-state index contributed by atoms with van der Waals surface area (Å²) in [6, 6.07) is -0.0759. The van der Waals surface area contributed by atoms with Gasteiger partial charge in [0.1, 0.15) is 5.54 Å². The number of carbonyl (C=O) groups is 2. The fraction of sp³-hybridized carbons (Fsp3) is 0.818. The van der Waals surface area contributed by atoms with Gasteiger partial charge in [-0.25, -0.2) is 9.59 Å². The quantitative estimate of drug-likeness (QED) is 0.656. The topological polar surface area (TPSA) is 78.4 Å². The van der Waals surface area contributed by atoms with Gasteiger partial charge in [0.25, 0.3) is 0 Å². The largest absolute Gasteiger partial charge is 0.480 e. The second kappa shape index (κ2) is 3.96. The zero-order chi connectivity index (χ0) is 11.8. The molecule has 0 aromatic carbocycles. The number of rotatable bonds is 5. The Morgan fingerprint density at radius 2 is 2.12 bits per heavy atom. The van der Waals surface area contributed by atoms with Crippen molar-refractivity contribution in [3.05, 3.63) is 0 Å². The van der Waals surface area contributed by atoms with Crippen LogP contribution in [0.4, 0.5) is 4.79 Å². The number of amides is 2. The Morgan fingerprint density at radius 1 is 1.44 bits per heavy atom. The lowest BCUT2D eigenvalue weighted by molar-refractivity contribution is -0.140. The van der Waals surface area contributed by atoms with Gasteiger partial charge in [0, 0.05) is 6.04 Å². The summed E-state index contributed by atoms with van der Waals surface area (Å²) in [5, 5.41) is 14.3. The Bertz CT molecular complexity index is 312. The maximum atomic E-state index is 11.5. The monoisotopic (exact) mass is 226 g/mol. The van der Waals surface area contributed by atoms with Crippen molar-refractivity contribution in [1.29, 1.82) is 0 Å². The molecule has 3 N–H and O–H groups in total. The zero-order valence-electron chi connectivity index (χ0n) is 9.45. The van der Waals surface area contributed by atoms with Gasteiger partial charge in [0.05, 0.1) is 0 Å². The van der Waals surface area contributed by atoms with Gasteiger partial charge in [0.15, 0.2) is 0 Å². The smallest absolute Gasteiger partial charge is 0.329 e. The SMILES string of the molecule is CCCC1CC1NC(=O)NC1(C(=O)O)CC1. The van der Waals surface area contributed by atoms with Crippen molar-refractivity contribution in [2.75, 3.05) is 0 Å². The molecule has 0 bridgehead atoms. The molecule has 2 aliphatic carbocycles. The van der Waals surface area contributed by atoms with Gasteiger partial charge in [0.2, 0.25) is 0 Å². The van der Waals surface area contributed by atoms with E-state index < -0.39 is 11.5 Å². The Morgan fingerprint density at radius 3 is 2.62 bits per heavy atom. The normalized spacial score (nSPS) is 29.3. The Hall–Kier alpha value is -1.26. The fourth-order valence-electron chi connectivity index (χ4n) is 2.05. The highest BCUT2D eigenvalue weighted by molar-refractivity contribution is 5.89.